The Labute approximate surface area is 93.9 Å². The minimum atomic E-state index is -0.151. The van der Waals surface area contributed by atoms with Gasteiger partial charge in [-0.25, -0.2) is 0 Å². The molecule has 2 unspecified atom stereocenters. The molecule has 2 atom stereocenters. The summed E-state index contributed by atoms with van der Waals surface area (Å²) in [6.45, 7) is 9.58. The van der Waals surface area contributed by atoms with Gasteiger partial charge in [-0.15, -0.1) is 0 Å². The molecule has 0 aromatic rings. The van der Waals surface area contributed by atoms with Crippen LogP contribution in [0.1, 0.15) is 33.1 Å². The van der Waals surface area contributed by atoms with Gasteiger partial charge in [0.05, 0.1) is 6.10 Å². The predicted molar refractivity (Wildman–Crippen MR) is 64.0 cm³/mol. The summed E-state index contributed by atoms with van der Waals surface area (Å²) >= 11 is 0. The molecule has 0 aliphatic carbocycles. The highest BCUT2D eigenvalue weighted by Crippen LogP contribution is 2.12. The third kappa shape index (κ3) is 4.96. The van der Waals surface area contributed by atoms with Gasteiger partial charge in [-0.1, -0.05) is 13.8 Å². The molecule has 2 N–H and O–H groups in total. The summed E-state index contributed by atoms with van der Waals surface area (Å²) in [6.07, 6.45) is 3.35. The number of likely N-dealkylation sites (N-methyl/N-ethyl adjacent to an activating group) is 1. The van der Waals surface area contributed by atoms with Gasteiger partial charge < -0.3 is 15.3 Å². The van der Waals surface area contributed by atoms with E-state index in [9.17, 15) is 5.11 Å². The van der Waals surface area contributed by atoms with Gasteiger partial charge in [0.25, 0.3) is 0 Å². The number of nitrogens with one attached hydrogen (secondary N) is 1. The maximum atomic E-state index is 9.63. The summed E-state index contributed by atoms with van der Waals surface area (Å²) in [6, 6.07) is 0. The smallest absolute Gasteiger partial charge is 0.0664 e. The quantitative estimate of drug-likeness (QED) is 0.694. The Bertz CT molecular complexity index is 158. The Hall–Kier alpha value is -0.120. The number of nitrogens with zero attached hydrogens (tertiary/aromatic N) is 1. The predicted octanol–water partition coefficient (Wildman–Crippen LogP) is 1.08. The van der Waals surface area contributed by atoms with Gasteiger partial charge in [-0.3, -0.25) is 0 Å². The molecule has 15 heavy (non-hydrogen) atoms. The molecule has 0 aromatic heterocycles. The molecule has 3 nitrogen and oxygen atoms in total. The molecule has 0 radical (unpaired) electrons. The molecular formula is C12H26N2O. The van der Waals surface area contributed by atoms with E-state index in [4.69, 9.17) is 0 Å². The van der Waals surface area contributed by atoms with Crippen molar-refractivity contribution in [1.82, 2.24) is 10.2 Å². The lowest BCUT2D eigenvalue weighted by atomic mass is 9.99. The highest BCUT2D eigenvalue weighted by Gasteiger charge is 2.17. The highest BCUT2D eigenvalue weighted by molar-refractivity contribution is 4.73. The zero-order chi connectivity index (χ0) is 11.1. The van der Waals surface area contributed by atoms with E-state index in [-0.39, 0.29) is 6.10 Å². The van der Waals surface area contributed by atoms with E-state index in [0.29, 0.717) is 0 Å². The summed E-state index contributed by atoms with van der Waals surface area (Å²) in [5, 5.41) is 13.1. The van der Waals surface area contributed by atoms with E-state index < -0.39 is 0 Å². The Balaban J connectivity index is 2.25. The van der Waals surface area contributed by atoms with Gasteiger partial charge in [0, 0.05) is 13.1 Å². The van der Waals surface area contributed by atoms with Crippen molar-refractivity contribution in [2.75, 3.05) is 32.7 Å². The Morgan fingerprint density at radius 2 is 2.27 bits per heavy atom. The second-order valence-corrected chi connectivity index (χ2v) is 4.63. The van der Waals surface area contributed by atoms with Crippen molar-refractivity contribution >= 4 is 0 Å². The summed E-state index contributed by atoms with van der Waals surface area (Å²) in [4.78, 5) is 2.38. The topological polar surface area (TPSA) is 35.5 Å². The fraction of sp³-hybridized carbons (Fsp3) is 1.00. The third-order valence-electron chi connectivity index (χ3n) is 3.30. The van der Waals surface area contributed by atoms with Crippen LogP contribution in [0.5, 0.6) is 0 Å². The van der Waals surface area contributed by atoms with Gasteiger partial charge >= 0.3 is 0 Å². The standard InChI is InChI=1S/C12H26N2O/c1-3-12(15)10-14(4-2)9-11-6-5-7-13-8-11/h11-13,15H,3-10H2,1-2H3. The number of piperidine rings is 1. The third-order valence-corrected chi connectivity index (χ3v) is 3.30. The maximum Gasteiger partial charge on any atom is 0.0664 e. The second-order valence-electron chi connectivity index (χ2n) is 4.63. The highest BCUT2D eigenvalue weighted by atomic mass is 16.3. The Morgan fingerprint density at radius 3 is 2.80 bits per heavy atom. The van der Waals surface area contributed by atoms with Crippen molar-refractivity contribution in [2.45, 2.75) is 39.2 Å². The summed E-state index contributed by atoms with van der Waals surface area (Å²) < 4.78 is 0. The molecule has 0 amide bonds. The molecule has 1 aliphatic heterocycles. The average Bonchev–Trinajstić information content (AvgIpc) is 2.29. The minimum Gasteiger partial charge on any atom is -0.392 e. The van der Waals surface area contributed by atoms with E-state index in [1.807, 2.05) is 6.92 Å². The molecule has 1 saturated heterocycles. The molecule has 0 saturated carbocycles. The van der Waals surface area contributed by atoms with Crippen molar-refractivity contribution < 1.29 is 5.11 Å². The van der Waals surface area contributed by atoms with Gasteiger partial charge in [-0.2, -0.15) is 0 Å². The monoisotopic (exact) mass is 214 g/mol. The zero-order valence-corrected chi connectivity index (χ0v) is 10.2. The van der Waals surface area contributed by atoms with Gasteiger partial charge in [0.15, 0.2) is 0 Å². The molecule has 1 rings (SSSR count). The molecule has 1 fully saturated rings. The maximum absolute atomic E-state index is 9.63. The second kappa shape index (κ2) is 7.20. The van der Waals surface area contributed by atoms with Gasteiger partial charge in [0.1, 0.15) is 0 Å². The lowest BCUT2D eigenvalue weighted by Crippen LogP contribution is -2.41. The van der Waals surface area contributed by atoms with Crippen molar-refractivity contribution in [3.8, 4) is 0 Å². The molecule has 1 aliphatic rings. The first-order valence-corrected chi connectivity index (χ1v) is 6.37. The number of hydrogen-bond acceptors (Lipinski definition) is 3. The first-order chi connectivity index (χ1) is 7.26. The lowest BCUT2D eigenvalue weighted by molar-refractivity contribution is 0.0993. The van der Waals surface area contributed by atoms with Crippen LogP contribution in [0, 0.1) is 5.92 Å². The lowest BCUT2D eigenvalue weighted by Gasteiger charge is -2.30. The number of aliphatic hydroxyl groups excluding tert-OH is 1. The number of rotatable bonds is 6. The largest absolute Gasteiger partial charge is 0.392 e. The molecule has 0 aromatic carbocycles. The van der Waals surface area contributed by atoms with Gasteiger partial charge in [-0.05, 0) is 44.8 Å². The summed E-state index contributed by atoms with van der Waals surface area (Å²) in [5.74, 6) is 0.780. The van der Waals surface area contributed by atoms with E-state index in [0.717, 1.165) is 38.5 Å². The van der Waals surface area contributed by atoms with Crippen molar-refractivity contribution in [1.29, 1.82) is 0 Å². The first kappa shape index (κ1) is 12.9. The van der Waals surface area contributed by atoms with Crippen LogP contribution in [0.2, 0.25) is 0 Å². The molecule has 90 valence electrons. The van der Waals surface area contributed by atoms with Crippen LogP contribution in [0.3, 0.4) is 0 Å². The van der Waals surface area contributed by atoms with Crippen LogP contribution in [-0.4, -0.2) is 48.8 Å². The number of aliphatic hydroxyl groups is 1. The fourth-order valence-electron chi connectivity index (χ4n) is 2.20. The molecule has 0 bridgehead atoms. The van der Waals surface area contributed by atoms with E-state index in [1.165, 1.54) is 19.4 Å². The molecule has 3 heteroatoms. The fourth-order valence-corrected chi connectivity index (χ4v) is 2.20. The van der Waals surface area contributed by atoms with Crippen LogP contribution >= 0.6 is 0 Å². The minimum absolute atomic E-state index is 0.151. The van der Waals surface area contributed by atoms with Crippen molar-refractivity contribution in [3.05, 3.63) is 0 Å². The average molecular weight is 214 g/mol. The molecule has 1 heterocycles. The van der Waals surface area contributed by atoms with E-state index >= 15 is 0 Å². The van der Waals surface area contributed by atoms with Gasteiger partial charge in [0.2, 0.25) is 0 Å². The van der Waals surface area contributed by atoms with Crippen molar-refractivity contribution in [3.63, 3.8) is 0 Å². The van der Waals surface area contributed by atoms with E-state index in [2.05, 4.69) is 17.1 Å². The van der Waals surface area contributed by atoms with Crippen molar-refractivity contribution in [2.24, 2.45) is 5.92 Å². The van der Waals surface area contributed by atoms with Crippen LogP contribution in [0.4, 0.5) is 0 Å². The van der Waals surface area contributed by atoms with Crippen LogP contribution in [0.15, 0.2) is 0 Å². The van der Waals surface area contributed by atoms with E-state index in [1.54, 1.807) is 0 Å². The normalized spacial score (nSPS) is 24.4. The summed E-state index contributed by atoms with van der Waals surface area (Å²) in [7, 11) is 0. The Kier molecular flexibility index (Phi) is 6.22. The van der Waals surface area contributed by atoms with Crippen LogP contribution < -0.4 is 5.32 Å². The van der Waals surface area contributed by atoms with Crippen LogP contribution in [0.25, 0.3) is 0 Å². The first-order valence-electron chi connectivity index (χ1n) is 6.37. The summed E-state index contributed by atoms with van der Waals surface area (Å²) in [5.41, 5.74) is 0. The Morgan fingerprint density at radius 1 is 1.47 bits per heavy atom. The zero-order valence-electron chi connectivity index (χ0n) is 10.2. The van der Waals surface area contributed by atoms with Crippen LogP contribution in [-0.2, 0) is 0 Å². The molecule has 0 spiro atoms. The number of hydrogen-bond donors (Lipinski definition) is 2. The SMILES string of the molecule is CCC(O)CN(CC)CC1CCCNC1. The molecular weight excluding hydrogens is 188 g/mol.